The molecule has 31 heavy (non-hydrogen) atoms. The first-order valence-electron chi connectivity index (χ1n) is 9.78. The predicted molar refractivity (Wildman–Crippen MR) is 123 cm³/mol. The number of halogens is 2. The first-order valence-corrected chi connectivity index (χ1v) is 10.2. The molecule has 1 atom stereocenters. The number of carbonyl (C=O) groups is 1. The summed E-state index contributed by atoms with van der Waals surface area (Å²) in [5.41, 5.74) is 5.05. The molecule has 1 aliphatic rings. The Labute approximate surface area is 192 Å². The normalized spacial score (nSPS) is 12.7. The van der Waals surface area contributed by atoms with Gasteiger partial charge in [0.05, 0.1) is 11.7 Å². The van der Waals surface area contributed by atoms with Crippen molar-refractivity contribution in [1.29, 1.82) is 0 Å². The van der Waals surface area contributed by atoms with E-state index in [0.29, 0.717) is 18.2 Å². The Morgan fingerprint density at radius 2 is 1.90 bits per heavy atom. The Kier molecular flexibility index (Phi) is 7.57. The van der Waals surface area contributed by atoms with Crippen LogP contribution in [0.2, 0.25) is 5.02 Å². The van der Waals surface area contributed by atoms with Gasteiger partial charge in [0.2, 0.25) is 0 Å². The minimum Gasteiger partial charge on any atom is -0.488 e. The molecular formula is C24H23Cl2NO4. The Bertz CT molecular complexity index is 1090. The molecule has 3 N–H and O–H groups in total. The number of fused-ring (bicyclic) bond motifs is 3. The number of carboxylic acid groups (broad SMARTS) is 1. The van der Waals surface area contributed by atoms with Gasteiger partial charge >= 0.3 is 5.97 Å². The second-order valence-corrected chi connectivity index (χ2v) is 7.76. The highest BCUT2D eigenvalue weighted by Crippen LogP contribution is 2.38. The number of hydrogen-bond acceptors (Lipinski definition) is 4. The average molecular weight is 460 g/mol. The summed E-state index contributed by atoms with van der Waals surface area (Å²) in [6.07, 6.45) is 0.187. The van der Waals surface area contributed by atoms with Gasteiger partial charge in [-0.1, -0.05) is 41.9 Å². The van der Waals surface area contributed by atoms with Gasteiger partial charge in [-0.2, -0.15) is 0 Å². The molecular weight excluding hydrogens is 437 g/mol. The van der Waals surface area contributed by atoms with E-state index in [1.54, 1.807) is 24.3 Å². The van der Waals surface area contributed by atoms with Gasteiger partial charge in [-0.25, -0.2) is 4.79 Å². The molecule has 1 heterocycles. The summed E-state index contributed by atoms with van der Waals surface area (Å²) in [7, 11) is 0. The number of benzene rings is 3. The summed E-state index contributed by atoms with van der Waals surface area (Å²) < 4.78 is 5.87. The van der Waals surface area contributed by atoms with Gasteiger partial charge in [-0.3, -0.25) is 0 Å². The number of hydrogen-bond donors (Lipinski definition) is 3. The number of ether oxygens (including phenoxy) is 1. The quantitative estimate of drug-likeness (QED) is 0.438. The van der Waals surface area contributed by atoms with E-state index in [-0.39, 0.29) is 18.0 Å². The maximum Gasteiger partial charge on any atom is 0.335 e. The topological polar surface area (TPSA) is 78.8 Å². The minimum absolute atomic E-state index is 0. The van der Waals surface area contributed by atoms with Crippen LogP contribution in [0.3, 0.4) is 0 Å². The van der Waals surface area contributed by atoms with Gasteiger partial charge in [-0.15, -0.1) is 12.4 Å². The maximum atomic E-state index is 11.2. The summed E-state index contributed by atoms with van der Waals surface area (Å²) in [6.45, 7) is 1.52. The molecule has 0 unspecified atom stereocenters. The van der Waals surface area contributed by atoms with Crippen LogP contribution in [-0.4, -0.2) is 29.3 Å². The molecule has 4 rings (SSSR count). The highest BCUT2D eigenvalue weighted by atomic mass is 35.5. The number of aromatic carboxylic acids is 1. The molecule has 162 valence electrons. The van der Waals surface area contributed by atoms with E-state index in [1.807, 2.05) is 30.3 Å². The number of carboxylic acids is 1. The Hall–Kier alpha value is -2.57. The van der Waals surface area contributed by atoms with Crippen molar-refractivity contribution in [2.75, 3.05) is 13.1 Å². The molecule has 0 radical (unpaired) electrons. The molecule has 3 aromatic carbocycles. The molecule has 5 nitrogen and oxygen atoms in total. The lowest BCUT2D eigenvalue weighted by atomic mass is 9.94. The van der Waals surface area contributed by atoms with E-state index in [2.05, 4.69) is 11.4 Å². The third-order valence-electron chi connectivity index (χ3n) is 5.23. The van der Waals surface area contributed by atoms with Crippen LogP contribution in [0.4, 0.5) is 0 Å². The summed E-state index contributed by atoms with van der Waals surface area (Å²) in [5.74, 6) is -0.131. The second-order valence-electron chi connectivity index (χ2n) is 7.32. The molecule has 7 heteroatoms. The molecule has 0 saturated heterocycles. The summed E-state index contributed by atoms with van der Waals surface area (Å²) >= 11 is 5.97. The van der Waals surface area contributed by atoms with Crippen molar-refractivity contribution < 1.29 is 19.7 Å². The van der Waals surface area contributed by atoms with Crippen molar-refractivity contribution in [2.24, 2.45) is 0 Å². The van der Waals surface area contributed by atoms with Crippen LogP contribution >= 0.6 is 24.0 Å². The zero-order valence-corrected chi connectivity index (χ0v) is 18.2. The van der Waals surface area contributed by atoms with E-state index in [0.717, 1.165) is 46.5 Å². The van der Waals surface area contributed by atoms with Gasteiger partial charge in [0, 0.05) is 17.1 Å². The number of nitrogens with one attached hydrogen (secondary N) is 1. The molecule has 0 aromatic heterocycles. The molecule has 0 saturated carbocycles. The lowest BCUT2D eigenvalue weighted by molar-refractivity contribution is 0.0696. The zero-order chi connectivity index (χ0) is 21.1. The molecule has 0 bridgehead atoms. The molecule has 0 aliphatic carbocycles. The fraction of sp³-hybridized carbons (Fsp3) is 0.208. The van der Waals surface area contributed by atoms with E-state index >= 15 is 0 Å². The molecule has 1 aliphatic heterocycles. The van der Waals surface area contributed by atoms with Crippen LogP contribution < -0.4 is 10.1 Å². The highest BCUT2D eigenvalue weighted by molar-refractivity contribution is 6.30. The van der Waals surface area contributed by atoms with Crippen LogP contribution in [0, 0.1) is 0 Å². The van der Waals surface area contributed by atoms with E-state index in [9.17, 15) is 9.90 Å². The number of rotatable bonds is 7. The lowest BCUT2D eigenvalue weighted by Crippen LogP contribution is -2.23. The van der Waals surface area contributed by atoms with Gasteiger partial charge in [0.1, 0.15) is 12.4 Å². The summed E-state index contributed by atoms with van der Waals surface area (Å²) in [5, 5.41) is 23.3. The largest absolute Gasteiger partial charge is 0.488 e. The number of aliphatic hydroxyl groups is 1. The first-order chi connectivity index (χ1) is 14.5. The average Bonchev–Trinajstić information content (AvgIpc) is 2.75. The van der Waals surface area contributed by atoms with E-state index < -0.39 is 12.1 Å². The fourth-order valence-corrected chi connectivity index (χ4v) is 3.83. The third-order valence-corrected chi connectivity index (χ3v) is 5.47. The predicted octanol–water partition coefficient (Wildman–Crippen LogP) is 4.89. The Balaban J connectivity index is 0.00000272. The molecule has 0 spiro atoms. The Morgan fingerprint density at radius 3 is 2.68 bits per heavy atom. The molecule has 0 amide bonds. The standard InChI is InChI=1S/C24H22ClNO4.ClH/c25-19-3-1-2-16(12-19)22(27)13-26-9-8-15-4-6-21-20-7-5-17(24(28)29)11-18(20)14-30-23(21)10-15;/h1-7,10-12,22,26-27H,8-9,13-14H2,(H,28,29);1H/t22-;/m1./s1. The van der Waals surface area contributed by atoms with Gasteiger partial charge in [0.25, 0.3) is 0 Å². The van der Waals surface area contributed by atoms with Crippen LogP contribution in [-0.2, 0) is 13.0 Å². The van der Waals surface area contributed by atoms with Crippen LogP contribution in [0.25, 0.3) is 11.1 Å². The molecule has 0 fully saturated rings. The lowest BCUT2D eigenvalue weighted by Gasteiger charge is -2.22. The van der Waals surface area contributed by atoms with Crippen molar-refractivity contribution >= 4 is 30.0 Å². The van der Waals surface area contributed by atoms with Crippen molar-refractivity contribution in [3.63, 3.8) is 0 Å². The molecule has 3 aromatic rings. The smallest absolute Gasteiger partial charge is 0.335 e. The number of aliphatic hydroxyl groups excluding tert-OH is 1. The summed E-state index contributed by atoms with van der Waals surface area (Å²) in [4.78, 5) is 11.2. The van der Waals surface area contributed by atoms with E-state index in [1.165, 1.54) is 0 Å². The van der Waals surface area contributed by atoms with Crippen LogP contribution in [0.5, 0.6) is 5.75 Å². The maximum absolute atomic E-state index is 11.2. The van der Waals surface area contributed by atoms with E-state index in [4.69, 9.17) is 21.4 Å². The fourth-order valence-electron chi connectivity index (χ4n) is 3.63. The SMILES string of the molecule is Cl.O=C(O)c1ccc2c(c1)COc1cc(CCNC[C@@H](O)c3cccc(Cl)c3)ccc1-2. The van der Waals surface area contributed by atoms with Crippen molar-refractivity contribution in [3.05, 3.63) is 87.9 Å². The minimum atomic E-state index is -0.938. The second kappa shape index (κ2) is 10.2. The summed E-state index contributed by atoms with van der Waals surface area (Å²) in [6, 6.07) is 18.5. The van der Waals surface area contributed by atoms with Crippen molar-refractivity contribution in [3.8, 4) is 16.9 Å². The van der Waals surface area contributed by atoms with Crippen molar-refractivity contribution in [2.45, 2.75) is 19.1 Å². The zero-order valence-electron chi connectivity index (χ0n) is 16.7. The first kappa shape index (κ1) is 23.1. The van der Waals surface area contributed by atoms with Crippen molar-refractivity contribution in [1.82, 2.24) is 5.32 Å². The highest BCUT2D eigenvalue weighted by Gasteiger charge is 2.19. The van der Waals surface area contributed by atoms with Gasteiger partial charge in [-0.05, 0) is 65.6 Å². The van der Waals surface area contributed by atoms with Crippen LogP contribution in [0.15, 0.2) is 60.7 Å². The van der Waals surface area contributed by atoms with Gasteiger partial charge in [0.15, 0.2) is 0 Å². The Morgan fingerprint density at radius 1 is 1.10 bits per heavy atom. The monoisotopic (exact) mass is 459 g/mol. The van der Waals surface area contributed by atoms with Gasteiger partial charge < -0.3 is 20.3 Å². The van der Waals surface area contributed by atoms with Crippen LogP contribution in [0.1, 0.15) is 33.2 Å². The third kappa shape index (κ3) is 5.38.